The third kappa shape index (κ3) is 7.03. The van der Waals surface area contributed by atoms with Crippen LogP contribution in [0.2, 0.25) is 5.02 Å². The summed E-state index contributed by atoms with van der Waals surface area (Å²) in [6.45, 7) is 4.22. The van der Waals surface area contributed by atoms with Crippen molar-refractivity contribution in [3.63, 3.8) is 0 Å². The second-order valence-corrected chi connectivity index (χ2v) is 15.6. The van der Waals surface area contributed by atoms with Crippen molar-refractivity contribution in [3.8, 4) is 0 Å². The van der Waals surface area contributed by atoms with Crippen molar-refractivity contribution in [2.45, 2.75) is 38.5 Å². The largest absolute Gasteiger partial charge is 0.422 e. The molecule has 0 aliphatic carbocycles. The number of amides is 2. The molecule has 6 rings (SSSR count). The minimum absolute atomic E-state index is 0.00315. The normalized spacial score (nSPS) is 20.2. The molecule has 17 heteroatoms. The number of halogens is 3. The highest BCUT2D eigenvalue weighted by molar-refractivity contribution is 7.87. The first-order valence-corrected chi connectivity index (χ1v) is 18.4. The number of alkyl halides is 1. The summed E-state index contributed by atoms with van der Waals surface area (Å²) in [5.41, 5.74) is 1.68. The Morgan fingerprint density at radius 3 is 2.51 bits per heavy atom. The number of anilines is 2. The lowest BCUT2D eigenvalue weighted by Crippen LogP contribution is -2.53. The van der Waals surface area contributed by atoms with Crippen LogP contribution >= 0.6 is 11.6 Å². The summed E-state index contributed by atoms with van der Waals surface area (Å²) in [4.78, 5) is 47.6. The van der Waals surface area contributed by atoms with Crippen molar-refractivity contribution in [3.05, 3.63) is 67.3 Å². The average Bonchev–Trinajstić information content (AvgIpc) is 3.54. The summed E-state index contributed by atoms with van der Waals surface area (Å²) in [6.07, 6.45) is -1.09. The highest BCUT2D eigenvalue weighted by Crippen LogP contribution is 2.39. The number of nitrogens with one attached hydrogen (secondary N) is 1. The Hall–Kier alpha value is -3.83. The van der Waals surface area contributed by atoms with E-state index in [2.05, 4.69) is 16.8 Å². The minimum Gasteiger partial charge on any atom is -0.422 e. The van der Waals surface area contributed by atoms with E-state index in [1.54, 1.807) is 21.2 Å². The SMILES string of the molecule is COC[C@H]1CN(c2cc(Cl)c3c4c(c(=O)oc3c2C)CN(C(=O)c2cc(N(C)C)c(C(=O)NS(=O)(=O)N3CC[C@H](F)C3)cc2F)CC4)CCN1C. The fourth-order valence-corrected chi connectivity index (χ4v) is 8.61. The molecule has 4 heterocycles. The third-order valence-electron chi connectivity index (χ3n) is 10.0. The number of carbonyl (C=O) groups is 2. The number of fused-ring (bicyclic) bond motifs is 3. The molecule has 0 saturated carbocycles. The van der Waals surface area contributed by atoms with Gasteiger partial charge in [-0.15, -0.1) is 0 Å². The molecule has 2 atom stereocenters. The first-order chi connectivity index (χ1) is 24.1. The van der Waals surface area contributed by atoms with E-state index in [4.69, 9.17) is 20.8 Å². The summed E-state index contributed by atoms with van der Waals surface area (Å²) in [5.74, 6) is -2.92. The fraction of sp³-hybridized carbons (Fsp3) is 0.500. The molecular formula is C34H41ClF2N6O7S. The van der Waals surface area contributed by atoms with Gasteiger partial charge in [-0.25, -0.2) is 18.3 Å². The average molecular weight is 751 g/mol. The first-order valence-electron chi connectivity index (χ1n) is 16.6. The quantitative estimate of drug-likeness (QED) is 0.343. The summed E-state index contributed by atoms with van der Waals surface area (Å²) < 4.78 is 68.7. The van der Waals surface area contributed by atoms with E-state index in [1.807, 2.05) is 17.7 Å². The number of rotatable bonds is 8. The lowest BCUT2D eigenvalue weighted by molar-refractivity contribution is 0.0727. The van der Waals surface area contributed by atoms with Gasteiger partial charge in [-0.05, 0) is 50.6 Å². The van der Waals surface area contributed by atoms with Crippen molar-refractivity contribution in [2.24, 2.45) is 0 Å². The first kappa shape index (κ1) is 36.9. The van der Waals surface area contributed by atoms with Crippen molar-refractivity contribution >= 4 is 56.0 Å². The number of piperazine rings is 1. The predicted octanol–water partition coefficient (Wildman–Crippen LogP) is 2.94. The predicted molar refractivity (Wildman–Crippen MR) is 189 cm³/mol. The molecular weight excluding hydrogens is 710 g/mol. The molecule has 51 heavy (non-hydrogen) atoms. The maximum absolute atomic E-state index is 15.6. The van der Waals surface area contributed by atoms with Crippen LogP contribution in [0.15, 0.2) is 27.4 Å². The van der Waals surface area contributed by atoms with Gasteiger partial charge in [0, 0.05) is 77.1 Å². The molecule has 13 nitrogen and oxygen atoms in total. The fourth-order valence-electron chi connectivity index (χ4n) is 7.13. The van der Waals surface area contributed by atoms with Crippen molar-refractivity contribution in [1.82, 2.24) is 18.8 Å². The number of aryl methyl sites for hydroxylation is 1. The number of likely N-dealkylation sites (N-methyl/N-ethyl adjacent to an activating group) is 1. The second-order valence-electron chi connectivity index (χ2n) is 13.5. The summed E-state index contributed by atoms with van der Waals surface area (Å²) in [6, 6.07) is 4.03. The highest BCUT2D eigenvalue weighted by atomic mass is 35.5. The minimum atomic E-state index is -4.39. The van der Waals surface area contributed by atoms with E-state index in [9.17, 15) is 27.2 Å². The Morgan fingerprint density at radius 1 is 1.10 bits per heavy atom. The summed E-state index contributed by atoms with van der Waals surface area (Å²) in [5, 5.41) is 1.02. The Balaban J connectivity index is 1.27. The molecule has 2 fully saturated rings. The molecule has 3 aliphatic rings. The maximum atomic E-state index is 15.6. The van der Waals surface area contributed by atoms with Crippen molar-refractivity contribution in [1.29, 1.82) is 0 Å². The molecule has 0 unspecified atom stereocenters. The van der Waals surface area contributed by atoms with Gasteiger partial charge in [0.1, 0.15) is 17.6 Å². The molecule has 276 valence electrons. The summed E-state index contributed by atoms with van der Waals surface area (Å²) in [7, 11) is 2.44. The van der Waals surface area contributed by atoms with Gasteiger partial charge in [0.25, 0.3) is 11.8 Å². The van der Waals surface area contributed by atoms with E-state index in [-0.39, 0.29) is 60.9 Å². The number of hydrogen-bond donors (Lipinski definition) is 1. The van der Waals surface area contributed by atoms with E-state index < -0.39 is 46.2 Å². The van der Waals surface area contributed by atoms with Gasteiger partial charge in [0.15, 0.2) is 0 Å². The second kappa shape index (κ2) is 14.3. The number of methoxy groups -OCH3 is 1. The third-order valence-corrected chi connectivity index (χ3v) is 11.8. The topological polar surface area (TPSA) is 136 Å². The molecule has 2 amide bonds. The summed E-state index contributed by atoms with van der Waals surface area (Å²) >= 11 is 6.91. The smallest absolute Gasteiger partial charge is 0.341 e. The van der Waals surface area contributed by atoms with Gasteiger partial charge in [-0.2, -0.15) is 12.7 Å². The molecule has 0 bridgehead atoms. The Labute approximate surface area is 299 Å². The zero-order valence-electron chi connectivity index (χ0n) is 29.1. The highest BCUT2D eigenvalue weighted by Gasteiger charge is 2.35. The Bertz CT molecular complexity index is 2060. The van der Waals surface area contributed by atoms with E-state index in [0.717, 1.165) is 34.7 Å². The van der Waals surface area contributed by atoms with Crippen molar-refractivity contribution < 1.29 is 35.9 Å². The van der Waals surface area contributed by atoms with Crippen LogP contribution in [-0.2, 0) is 27.9 Å². The van der Waals surface area contributed by atoms with Crippen LogP contribution in [0.25, 0.3) is 11.0 Å². The van der Waals surface area contributed by atoms with Gasteiger partial charge in [-0.1, -0.05) is 11.6 Å². The monoisotopic (exact) mass is 750 g/mol. The standard InChI is InChI=1S/C34H41ClF2N6O7S/c1-19-28(41-11-10-40(4)21(16-41)18-49-5)14-26(35)30-22-7-8-42(17-25(22)34(46)50-31(19)30)33(45)23-13-29(39(2)3)24(12-27(23)37)32(44)38-51(47,48)43-9-6-20(36)15-43/h12-14,20-21H,6-11,15-18H2,1-5H3,(H,38,44)/t20-,21+/m0/s1. The van der Waals surface area contributed by atoms with Crippen molar-refractivity contribution in [2.75, 3.05) is 83.9 Å². The zero-order valence-corrected chi connectivity index (χ0v) is 30.7. The van der Waals surface area contributed by atoms with Gasteiger partial charge in [-0.3, -0.25) is 14.5 Å². The molecule has 0 spiro atoms. The number of carbonyl (C=O) groups excluding carboxylic acids is 2. The van der Waals surface area contributed by atoms with Crippen LogP contribution in [0.1, 0.15) is 43.8 Å². The molecule has 2 aromatic carbocycles. The van der Waals surface area contributed by atoms with Gasteiger partial charge in [0.05, 0.1) is 46.6 Å². The Kier molecular flexibility index (Phi) is 10.4. The lowest BCUT2D eigenvalue weighted by atomic mass is 9.94. The van der Waals surface area contributed by atoms with E-state index in [0.29, 0.717) is 34.7 Å². The molecule has 3 aliphatic heterocycles. The van der Waals surface area contributed by atoms with Crippen LogP contribution in [0.5, 0.6) is 0 Å². The molecule has 1 aromatic heterocycles. The zero-order chi connectivity index (χ0) is 36.9. The molecule has 1 N–H and O–H groups in total. The van der Waals surface area contributed by atoms with Gasteiger partial charge in [0.2, 0.25) is 0 Å². The maximum Gasteiger partial charge on any atom is 0.341 e. The number of benzene rings is 2. The van der Waals surface area contributed by atoms with Gasteiger partial charge >= 0.3 is 15.8 Å². The van der Waals surface area contributed by atoms with Crippen LogP contribution < -0.4 is 20.1 Å². The van der Waals surface area contributed by atoms with Crippen LogP contribution in [0.3, 0.4) is 0 Å². The van der Waals surface area contributed by atoms with Crippen LogP contribution in [0.4, 0.5) is 20.2 Å². The van der Waals surface area contributed by atoms with E-state index >= 15 is 4.39 Å². The number of hydrogen-bond acceptors (Lipinski definition) is 10. The number of nitrogens with zero attached hydrogens (tertiary/aromatic N) is 5. The molecule has 3 aromatic rings. The lowest BCUT2D eigenvalue weighted by Gasteiger charge is -2.41. The Morgan fingerprint density at radius 2 is 1.84 bits per heavy atom. The van der Waals surface area contributed by atoms with E-state index in [1.165, 1.54) is 15.9 Å². The van der Waals surface area contributed by atoms with Gasteiger partial charge < -0.3 is 23.9 Å². The van der Waals surface area contributed by atoms with Crippen LogP contribution in [-0.4, -0.2) is 121 Å². The number of ether oxygens (including phenoxy) is 1. The molecule has 2 saturated heterocycles. The molecule has 0 radical (unpaired) electrons. The van der Waals surface area contributed by atoms with Crippen LogP contribution in [0, 0.1) is 12.7 Å².